The number of likely N-dealkylation sites (N-methyl/N-ethyl adjacent to an activating group) is 2. The maximum Gasteiger partial charge on any atom is 0.242 e. The third-order valence-corrected chi connectivity index (χ3v) is 5.58. The summed E-state index contributed by atoms with van der Waals surface area (Å²) >= 11 is 0. The summed E-state index contributed by atoms with van der Waals surface area (Å²) in [5.41, 5.74) is 1.39. The normalized spacial score (nSPS) is 24.3. The molecule has 2 aliphatic rings. The summed E-state index contributed by atoms with van der Waals surface area (Å²) in [6, 6.07) is 0.862. The van der Waals surface area contributed by atoms with E-state index in [1.807, 2.05) is 11.9 Å². The molecule has 0 aromatic carbocycles. The smallest absolute Gasteiger partial charge is 0.242 e. The molecular formula is C17H25N7O. The molecule has 8 heteroatoms. The van der Waals surface area contributed by atoms with Crippen LogP contribution in [-0.4, -0.2) is 81.5 Å². The van der Waals surface area contributed by atoms with E-state index in [2.05, 4.69) is 36.8 Å². The SMILES string of the molecule is CN(CC(=O)N1CCCC1C1CCCN1C)c1ncnc2nc[nH]c12. The lowest BCUT2D eigenvalue weighted by molar-refractivity contribution is -0.131. The first kappa shape index (κ1) is 16.3. The molecule has 2 fully saturated rings. The van der Waals surface area contributed by atoms with E-state index in [1.54, 1.807) is 6.33 Å². The first-order chi connectivity index (χ1) is 12.1. The number of carbonyl (C=O) groups is 1. The number of nitrogens with one attached hydrogen (secondary N) is 1. The topological polar surface area (TPSA) is 81.2 Å². The largest absolute Gasteiger partial charge is 0.348 e. The highest BCUT2D eigenvalue weighted by atomic mass is 16.2. The molecule has 134 valence electrons. The Bertz CT molecular complexity index is 760. The van der Waals surface area contributed by atoms with Gasteiger partial charge in [0.1, 0.15) is 11.8 Å². The first-order valence-electron chi connectivity index (χ1n) is 9.00. The van der Waals surface area contributed by atoms with Crippen LogP contribution in [0.1, 0.15) is 25.7 Å². The van der Waals surface area contributed by atoms with Gasteiger partial charge in [-0.25, -0.2) is 15.0 Å². The van der Waals surface area contributed by atoms with Crippen LogP contribution in [0.25, 0.3) is 11.2 Å². The lowest BCUT2D eigenvalue weighted by Gasteiger charge is -2.34. The lowest BCUT2D eigenvalue weighted by Crippen LogP contribution is -2.49. The van der Waals surface area contributed by atoms with Crippen LogP contribution < -0.4 is 4.90 Å². The fourth-order valence-electron chi connectivity index (χ4n) is 4.33. The van der Waals surface area contributed by atoms with Gasteiger partial charge in [0.15, 0.2) is 11.5 Å². The Labute approximate surface area is 147 Å². The van der Waals surface area contributed by atoms with Crippen LogP contribution in [0.3, 0.4) is 0 Å². The highest BCUT2D eigenvalue weighted by Crippen LogP contribution is 2.29. The van der Waals surface area contributed by atoms with Crippen LogP contribution in [0.2, 0.25) is 0 Å². The van der Waals surface area contributed by atoms with Gasteiger partial charge in [-0.2, -0.15) is 0 Å². The molecule has 2 atom stereocenters. The van der Waals surface area contributed by atoms with Crippen LogP contribution in [0.15, 0.2) is 12.7 Å². The highest BCUT2D eigenvalue weighted by molar-refractivity contribution is 5.87. The number of anilines is 1. The standard InChI is InChI=1S/C17H25N7O/c1-22-7-3-5-12(22)13-6-4-8-24(13)14(25)9-23(2)17-15-16(19-10-18-15)20-11-21-17/h10-13H,3-9H2,1-2H3,(H,18,19,20,21). The van der Waals surface area contributed by atoms with Crippen molar-refractivity contribution < 1.29 is 4.79 Å². The average molecular weight is 343 g/mol. The van der Waals surface area contributed by atoms with E-state index in [-0.39, 0.29) is 5.91 Å². The molecule has 4 rings (SSSR count). The third-order valence-electron chi connectivity index (χ3n) is 5.58. The van der Waals surface area contributed by atoms with E-state index in [1.165, 1.54) is 19.2 Å². The number of hydrogen-bond acceptors (Lipinski definition) is 6. The minimum absolute atomic E-state index is 0.177. The molecule has 2 aliphatic heterocycles. The van der Waals surface area contributed by atoms with Crippen LogP contribution in [-0.2, 0) is 4.79 Å². The number of imidazole rings is 1. The predicted octanol–water partition coefficient (Wildman–Crippen LogP) is 0.874. The van der Waals surface area contributed by atoms with Crippen molar-refractivity contribution in [1.82, 2.24) is 29.7 Å². The van der Waals surface area contributed by atoms with Crippen LogP contribution in [0, 0.1) is 0 Å². The molecule has 0 bridgehead atoms. The van der Waals surface area contributed by atoms with E-state index in [0.717, 1.165) is 31.4 Å². The number of fused-ring (bicyclic) bond motifs is 1. The summed E-state index contributed by atoms with van der Waals surface area (Å²) in [6.45, 7) is 2.32. The monoisotopic (exact) mass is 343 g/mol. The molecule has 0 aliphatic carbocycles. The molecule has 2 unspecified atom stereocenters. The molecule has 4 heterocycles. The maximum atomic E-state index is 13.0. The van der Waals surface area contributed by atoms with E-state index in [9.17, 15) is 4.79 Å². The number of likely N-dealkylation sites (tertiary alicyclic amines) is 2. The van der Waals surface area contributed by atoms with E-state index in [4.69, 9.17) is 0 Å². The molecule has 1 N–H and O–H groups in total. The number of nitrogens with zero attached hydrogens (tertiary/aromatic N) is 6. The number of carbonyl (C=O) groups excluding carboxylic acids is 1. The number of aromatic nitrogens is 4. The summed E-state index contributed by atoms with van der Waals surface area (Å²) < 4.78 is 0. The minimum Gasteiger partial charge on any atom is -0.348 e. The predicted molar refractivity (Wildman–Crippen MR) is 95.3 cm³/mol. The van der Waals surface area contributed by atoms with Gasteiger partial charge in [-0.3, -0.25) is 4.79 Å². The lowest BCUT2D eigenvalue weighted by atomic mass is 10.0. The minimum atomic E-state index is 0.177. The number of amides is 1. The van der Waals surface area contributed by atoms with Gasteiger partial charge in [-0.15, -0.1) is 0 Å². The van der Waals surface area contributed by atoms with Crippen LogP contribution in [0.5, 0.6) is 0 Å². The van der Waals surface area contributed by atoms with Crippen molar-refractivity contribution in [3.8, 4) is 0 Å². The van der Waals surface area contributed by atoms with Gasteiger partial charge in [-0.1, -0.05) is 0 Å². The molecule has 0 spiro atoms. The average Bonchev–Trinajstić information content (AvgIpc) is 3.33. The second-order valence-corrected chi connectivity index (χ2v) is 7.14. The summed E-state index contributed by atoms with van der Waals surface area (Å²) in [7, 11) is 4.08. The summed E-state index contributed by atoms with van der Waals surface area (Å²) in [6.07, 6.45) is 7.74. The number of rotatable bonds is 4. The number of H-pyrrole nitrogens is 1. The maximum absolute atomic E-state index is 13.0. The van der Waals surface area contributed by atoms with Crippen molar-refractivity contribution in [2.75, 3.05) is 38.6 Å². The fourth-order valence-corrected chi connectivity index (χ4v) is 4.33. The summed E-state index contributed by atoms with van der Waals surface area (Å²) in [4.78, 5) is 35.1. The van der Waals surface area contributed by atoms with Crippen molar-refractivity contribution in [2.45, 2.75) is 37.8 Å². The van der Waals surface area contributed by atoms with E-state index < -0.39 is 0 Å². The van der Waals surface area contributed by atoms with Gasteiger partial charge in [0, 0.05) is 25.7 Å². The zero-order valence-electron chi connectivity index (χ0n) is 14.9. The Kier molecular flexibility index (Phi) is 4.29. The summed E-state index contributed by atoms with van der Waals surface area (Å²) in [5.74, 6) is 0.890. The van der Waals surface area contributed by atoms with Gasteiger partial charge in [0.2, 0.25) is 5.91 Å². The Morgan fingerprint density at radius 2 is 2.04 bits per heavy atom. The van der Waals surface area contributed by atoms with Gasteiger partial charge in [0.25, 0.3) is 0 Å². The molecule has 2 saturated heterocycles. The van der Waals surface area contributed by atoms with Crippen LogP contribution >= 0.6 is 0 Å². The van der Waals surface area contributed by atoms with Crippen molar-refractivity contribution in [2.24, 2.45) is 0 Å². The van der Waals surface area contributed by atoms with Gasteiger partial charge < -0.3 is 19.7 Å². The van der Waals surface area contributed by atoms with Gasteiger partial charge >= 0.3 is 0 Å². The van der Waals surface area contributed by atoms with Crippen LogP contribution in [0.4, 0.5) is 5.82 Å². The van der Waals surface area contributed by atoms with Crippen molar-refractivity contribution in [3.63, 3.8) is 0 Å². The van der Waals surface area contributed by atoms with E-state index >= 15 is 0 Å². The molecule has 25 heavy (non-hydrogen) atoms. The quantitative estimate of drug-likeness (QED) is 0.887. The molecule has 1 amide bonds. The van der Waals surface area contributed by atoms with Crippen molar-refractivity contribution >= 4 is 22.9 Å². The Morgan fingerprint density at radius 1 is 1.24 bits per heavy atom. The molecule has 0 saturated carbocycles. The molecular weight excluding hydrogens is 318 g/mol. The zero-order chi connectivity index (χ0) is 17.4. The molecule has 2 aromatic rings. The van der Waals surface area contributed by atoms with Gasteiger partial charge in [-0.05, 0) is 39.3 Å². The van der Waals surface area contributed by atoms with Crippen molar-refractivity contribution in [3.05, 3.63) is 12.7 Å². The van der Waals surface area contributed by atoms with Crippen molar-refractivity contribution in [1.29, 1.82) is 0 Å². The first-order valence-corrected chi connectivity index (χ1v) is 9.00. The van der Waals surface area contributed by atoms with E-state index in [0.29, 0.717) is 30.1 Å². The Hall–Kier alpha value is -2.22. The Balaban J connectivity index is 1.48. The third kappa shape index (κ3) is 2.95. The number of hydrogen-bond donors (Lipinski definition) is 1. The highest BCUT2D eigenvalue weighted by Gasteiger charge is 2.38. The second-order valence-electron chi connectivity index (χ2n) is 7.14. The fraction of sp³-hybridized carbons (Fsp3) is 0.647. The number of aromatic amines is 1. The molecule has 8 nitrogen and oxygen atoms in total. The zero-order valence-corrected chi connectivity index (χ0v) is 14.9. The second kappa shape index (κ2) is 6.59. The summed E-state index contributed by atoms with van der Waals surface area (Å²) in [5, 5.41) is 0. The van der Waals surface area contributed by atoms with Gasteiger partial charge in [0.05, 0.1) is 12.9 Å². The molecule has 0 radical (unpaired) electrons. The molecule has 2 aromatic heterocycles. The Morgan fingerprint density at radius 3 is 2.84 bits per heavy atom.